The quantitative estimate of drug-likeness (QED) is 0.446. The van der Waals surface area contributed by atoms with Crippen LogP contribution in [0.4, 0.5) is 0 Å². The lowest BCUT2D eigenvalue weighted by Gasteiger charge is -2.54. The molecule has 0 aromatic rings. The van der Waals surface area contributed by atoms with Crippen molar-refractivity contribution >= 4 is 11.9 Å². The number of carboxylic acid groups (broad SMARTS) is 1. The fourth-order valence-electron chi connectivity index (χ4n) is 7.04. The average Bonchev–Trinajstić information content (AvgIpc) is 2.89. The number of rotatable bonds is 4. The fraction of sp³-hybridized carbons (Fsp3) is 0.818. The second-order valence-electron chi connectivity index (χ2n) is 9.81. The molecule has 3 aliphatic carbocycles. The van der Waals surface area contributed by atoms with Crippen molar-refractivity contribution in [3.8, 4) is 0 Å². The summed E-state index contributed by atoms with van der Waals surface area (Å²) in [6, 6.07) is 0. The first-order chi connectivity index (χ1) is 13.2. The van der Waals surface area contributed by atoms with Crippen molar-refractivity contribution in [2.75, 3.05) is 6.61 Å². The van der Waals surface area contributed by atoms with E-state index in [1.807, 2.05) is 6.92 Å². The van der Waals surface area contributed by atoms with Gasteiger partial charge in [-0.25, -0.2) is 9.78 Å². The second kappa shape index (κ2) is 6.84. The molecular weight excluding hydrogens is 360 g/mol. The molecule has 0 radical (unpaired) electrons. The Morgan fingerprint density at radius 2 is 2.04 bits per heavy atom. The highest BCUT2D eigenvalue weighted by Crippen LogP contribution is 2.67. The zero-order valence-electron chi connectivity index (χ0n) is 17.3. The molecule has 2 saturated carbocycles. The lowest BCUT2D eigenvalue weighted by molar-refractivity contribution is -0.344. The molecular formula is C22H32O6. The van der Waals surface area contributed by atoms with Crippen molar-refractivity contribution in [3.05, 3.63) is 11.6 Å². The molecule has 6 nitrogen and oxygen atoms in total. The van der Waals surface area contributed by atoms with Crippen LogP contribution in [0.1, 0.15) is 59.8 Å². The van der Waals surface area contributed by atoms with Gasteiger partial charge in [0.2, 0.25) is 0 Å². The number of esters is 1. The molecule has 5 rings (SSSR count). The largest absolute Gasteiger partial charge is 0.481 e. The molecule has 0 spiro atoms. The van der Waals surface area contributed by atoms with E-state index in [2.05, 4.69) is 19.9 Å². The molecule has 0 unspecified atom stereocenters. The van der Waals surface area contributed by atoms with E-state index in [0.717, 1.165) is 24.8 Å². The number of fused-ring (bicyclic) bond motifs is 2. The summed E-state index contributed by atoms with van der Waals surface area (Å²) in [4.78, 5) is 35.8. The van der Waals surface area contributed by atoms with Crippen molar-refractivity contribution in [1.29, 1.82) is 0 Å². The van der Waals surface area contributed by atoms with Gasteiger partial charge in [-0.2, -0.15) is 0 Å². The number of ether oxygens (including phenoxy) is 1. The lowest BCUT2D eigenvalue weighted by Crippen LogP contribution is -2.57. The molecule has 0 aromatic carbocycles. The van der Waals surface area contributed by atoms with Gasteiger partial charge < -0.3 is 9.84 Å². The molecule has 3 fully saturated rings. The first-order valence-electron chi connectivity index (χ1n) is 10.6. The molecule has 1 saturated heterocycles. The average molecular weight is 392 g/mol. The highest BCUT2D eigenvalue weighted by atomic mass is 17.2. The van der Waals surface area contributed by atoms with Gasteiger partial charge in [0.05, 0.1) is 12.0 Å². The van der Waals surface area contributed by atoms with Crippen LogP contribution in [0, 0.1) is 34.5 Å². The monoisotopic (exact) mass is 392 g/mol. The highest BCUT2D eigenvalue weighted by Gasteiger charge is 2.68. The van der Waals surface area contributed by atoms with E-state index < -0.39 is 11.4 Å². The summed E-state index contributed by atoms with van der Waals surface area (Å²) in [7, 11) is 0. The molecule has 28 heavy (non-hydrogen) atoms. The van der Waals surface area contributed by atoms with E-state index in [1.165, 1.54) is 6.92 Å². The predicted molar refractivity (Wildman–Crippen MR) is 101 cm³/mol. The maximum Gasteiger partial charge on any atom is 0.310 e. The molecule has 0 amide bonds. The smallest absolute Gasteiger partial charge is 0.310 e. The van der Waals surface area contributed by atoms with Gasteiger partial charge in [0.15, 0.2) is 0 Å². The van der Waals surface area contributed by atoms with Gasteiger partial charge in [-0.3, -0.25) is 9.59 Å². The number of hydrogen-bond acceptors (Lipinski definition) is 5. The minimum absolute atomic E-state index is 0.00351. The summed E-state index contributed by atoms with van der Waals surface area (Å²) in [5, 5.41) is 10.4. The Morgan fingerprint density at radius 3 is 2.64 bits per heavy atom. The number of carboxylic acids is 1. The molecule has 7 atom stereocenters. The Labute approximate surface area is 166 Å². The van der Waals surface area contributed by atoms with Crippen molar-refractivity contribution in [1.82, 2.24) is 0 Å². The molecule has 5 aliphatic rings. The van der Waals surface area contributed by atoms with E-state index >= 15 is 0 Å². The number of aliphatic carboxylic acids is 1. The standard InChI is InChI=1S/C22H32O6/c1-12(2)15-5-6-16-19-17-9-13(3)18(28-27-17)10-21(19,11-26-14(4)23)7-8-22(15,16)20(24)25/h9,12,15-19H,5-8,10-11H2,1-4H3,(H,24,25)/t15-,16+,17+,18+,19-,21+,22+/m1/s1. The zero-order valence-corrected chi connectivity index (χ0v) is 17.3. The third-order valence-electron chi connectivity index (χ3n) is 8.22. The Kier molecular flexibility index (Phi) is 4.86. The van der Waals surface area contributed by atoms with Gasteiger partial charge in [-0.15, -0.1) is 0 Å². The molecule has 0 aromatic heterocycles. The van der Waals surface area contributed by atoms with Crippen molar-refractivity contribution in [2.24, 2.45) is 34.5 Å². The molecule has 1 N–H and O–H groups in total. The fourth-order valence-corrected chi connectivity index (χ4v) is 7.04. The Bertz CT molecular complexity index is 699. The minimum Gasteiger partial charge on any atom is -0.481 e. The molecule has 2 heterocycles. The minimum atomic E-state index is -0.730. The van der Waals surface area contributed by atoms with E-state index in [-0.39, 0.29) is 41.3 Å². The number of hydrogen-bond donors (Lipinski definition) is 1. The molecule has 6 heteroatoms. The topological polar surface area (TPSA) is 82.1 Å². The van der Waals surface area contributed by atoms with Crippen LogP contribution < -0.4 is 0 Å². The summed E-state index contributed by atoms with van der Waals surface area (Å²) < 4.78 is 5.55. The summed E-state index contributed by atoms with van der Waals surface area (Å²) in [6.07, 6.45) is 5.54. The van der Waals surface area contributed by atoms with E-state index in [4.69, 9.17) is 14.5 Å². The van der Waals surface area contributed by atoms with Crippen LogP contribution in [0.25, 0.3) is 0 Å². The van der Waals surface area contributed by atoms with Gasteiger partial charge in [0.1, 0.15) is 12.2 Å². The Morgan fingerprint density at radius 1 is 1.29 bits per heavy atom. The molecule has 2 bridgehead atoms. The first kappa shape index (κ1) is 19.9. The van der Waals surface area contributed by atoms with Crippen LogP contribution in [0.3, 0.4) is 0 Å². The summed E-state index contributed by atoms with van der Waals surface area (Å²) >= 11 is 0. The van der Waals surface area contributed by atoms with Crippen LogP contribution in [0.5, 0.6) is 0 Å². The maximum absolute atomic E-state index is 12.7. The molecule has 2 aliphatic heterocycles. The van der Waals surface area contributed by atoms with Crippen LogP contribution in [0.2, 0.25) is 0 Å². The zero-order chi connectivity index (χ0) is 20.3. The normalized spacial score (nSPS) is 44.5. The van der Waals surface area contributed by atoms with Crippen molar-refractivity contribution in [2.45, 2.75) is 72.0 Å². The van der Waals surface area contributed by atoms with Gasteiger partial charge in [-0.1, -0.05) is 19.9 Å². The summed E-state index contributed by atoms with van der Waals surface area (Å²) in [6.45, 7) is 8.07. The second-order valence-corrected chi connectivity index (χ2v) is 9.81. The summed E-state index contributed by atoms with van der Waals surface area (Å²) in [5.74, 6) is -0.515. The Balaban J connectivity index is 1.80. The van der Waals surface area contributed by atoms with Gasteiger partial charge in [-0.05, 0) is 62.4 Å². The van der Waals surface area contributed by atoms with Gasteiger partial charge in [0.25, 0.3) is 0 Å². The lowest BCUT2D eigenvalue weighted by atomic mass is 9.49. The maximum atomic E-state index is 12.7. The van der Waals surface area contributed by atoms with Gasteiger partial charge in [0, 0.05) is 18.3 Å². The van der Waals surface area contributed by atoms with E-state index in [1.54, 1.807) is 0 Å². The van der Waals surface area contributed by atoms with Crippen LogP contribution in [0.15, 0.2) is 11.6 Å². The number of carbonyl (C=O) groups is 2. The first-order valence-corrected chi connectivity index (χ1v) is 10.6. The SMILES string of the molecule is CC(=O)OC[C@@]12CC[C@]3(C(=O)O)[C@@H](C(C)C)CC[C@H]3[C@@H]1[C@@H]1C=C(C)[C@H](C2)OO1. The van der Waals surface area contributed by atoms with Crippen molar-refractivity contribution < 1.29 is 29.2 Å². The van der Waals surface area contributed by atoms with E-state index in [9.17, 15) is 14.7 Å². The Hall–Kier alpha value is -1.40. The van der Waals surface area contributed by atoms with Crippen LogP contribution in [-0.2, 0) is 24.1 Å². The predicted octanol–water partition coefficient (Wildman–Crippen LogP) is 3.75. The van der Waals surface area contributed by atoms with Crippen LogP contribution in [-0.4, -0.2) is 35.9 Å². The number of carbonyl (C=O) groups excluding carboxylic acids is 1. The summed E-state index contributed by atoms with van der Waals surface area (Å²) in [5.41, 5.74) is 0.0973. The molecule has 156 valence electrons. The van der Waals surface area contributed by atoms with Crippen LogP contribution >= 0.6 is 0 Å². The third kappa shape index (κ3) is 2.75. The third-order valence-corrected chi connectivity index (χ3v) is 8.22. The highest BCUT2D eigenvalue weighted by molar-refractivity contribution is 5.76. The van der Waals surface area contributed by atoms with Gasteiger partial charge >= 0.3 is 11.9 Å². The van der Waals surface area contributed by atoms with E-state index in [0.29, 0.717) is 25.4 Å². The van der Waals surface area contributed by atoms with Crippen molar-refractivity contribution in [3.63, 3.8) is 0 Å².